The Labute approximate surface area is 153 Å². The third-order valence-corrected chi connectivity index (χ3v) is 3.27. The fraction of sp³-hybridized carbons (Fsp3) is 0.571. The molecule has 0 aliphatic heterocycles. The van der Waals surface area contributed by atoms with E-state index in [1.165, 1.54) is 0 Å². The van der Waals surface area contributed by atoms with Crippen molar-refractivity contribution in [3.05, 3.63) is 29.7 Å². The first kappa shape index (κ1) is 19.4. The summed E-state index contributed by atoms with van der Waals surface area (Å²) in [5, 5.41) is 18.4. The molecule has 2 rings (SSSR count). The lowest BCUT2D eigenvalue weighted by Crippen LogP contribution is -2.36. The zero-order valence-corrected chi connectivity index (χ0v) is 16.2. The van der Waals surface area contributed by atoms with Crippen molar-refractivity contribution in [1.29, 1.82) is 0 Å². The number of halogens is 1. The smallest absolute Gasteiger partial charge is 0.191 e. The van der Waals surface area contributed by atoms with Gasteiger partial charge in [-0.1, -0.05) is 19.0 Å². The lowest BCUT2D eigenvalue weighted by atomic mass is 10.1. The van der Waals surface area contributed by atoms with Crippen LogP contribution in [-0.4, -0.2) is 32.9 Å². The summed E-state index contributed by atoms with van der Waals surface area (Å²) in [6.07, 6.45) is 1.72. The van der Waals surface area contributed by atoms with E-state index in [2.05, 4.69) is 51.8 Å². The number of hydrogen-bond donors (Lipinski definition) is 2. The van der Waals surface area contributed by atoms with Gasteiger partial charge in [-0.05, 0) is 12.8 Å². The number of rotatable bonds is 6. The minimum Gasteiger partial charge on any atom is -0.359 e. The van der Waals surface area contributed by atoms with Gasteiger partial charge in [0.15, 0.2) is 17.5 Å². The molecule has 2 aromatic rings. The highest BCUT2D eigenvalue weighted by Crippen LogP contribution is 2.13. The van der Waals surface area contributed by atoms with Crippen molar-refractivity contribution in [2.75, 3.05) is 7.05 Å². The molecule has 0 saturated carbocycles. The van der Waals surface area contributed by atoms with Crippen LogP contribution in [0.25, 0.3) is 0 Å². The molecule has 2 aromatic heterocycles. The maximum Gasteiger partial charge on any atom is 0.191 e. The van der Waals surface area contributed by atoms with Crippen molar-refractivity contribution in [1.82, 2.24) is 30.6 Å². The highest BCUT2D eigenvalue weighted by atomic mass is 127. The molecule has 0 aliphatic carbocycles. The molecule has 0 aliphatic rings. The Morgan fingerprint density at radius 2 is 2.09 bits per heavy atom. The fourth-order valence-electron chi connectivity index (χ4n) is 1.92. The predicted molar refractivity (Wildman–Crippen MR) is 98.7 cm³/mol. The van der Waals surface area contributed by atoms with Crippen LogP contribution in [0.2, 0.25) is 0 Å². The van der Waals surface area contributed by atoms with Crippen LogP contribution >= 0.6 is 24.0 Å². The fourth-order valence-corrected chi connectivity index (χ4v) is 1.92. The van der Waals surface area contributed by atoms with Crippen LogP contribution in [0.1, 0.15) is 44.0 Å². The standard InChI is InChI=1S/C14H23N7O.HI/c1-5-21-9-18-19-13(21)8-17-14(15-4)16-7-11-6-12(10(2)3)20-22-11;/h6,9-10H,5,7-8H2,1-4H3,(H2,15,16,17);1H. The van der Waals surface area contributed by atoms with E-state index in [0.29, 0.717) is 25.0 Å². The van der Waals surface area contributed by atoms with Gasteiger partial charge in [-0.15, -0.1) is 34.2 Å². The lowest BCUT2D eigenvalue weighted by molar-refractivity contribution is 0.372. The van der Waals surface area contributed by atoms with E-state index in [0.717, 1.165) is 23.8 Å². The first-order valence-corrected chi connectivity index (χ1v) is 7.40. The number of aryl methyl sites for hydroxylation is 1. The average molecular weight is 433 g/mol. The Morgan fingerprint density at radius 1 is 1.35 bits per heavy atom. The third-order valence-electron chi connectivity index (χ3n) is 3.27. The molecule has 128 valence electrons. The highest BCUT2D eigenvalue weighted by Gasteiger charge is 2.09. The summed E-state index contributed by atoms with van der Waals surface area (Å²) >= 11 is 0. The molecule has 0 aromatic carbocycles. The summed E-state index contributed by atoms with van der Waals surface area (Å²) in [4.78, 5) is 4.17. The van der Waals surface area contributed by atoms with Crippen molar-refractivity contribution in [3.63, 3.8) is 0 Å². The molecule has 0 amide bonds. The maximum absolute atomic E-state index is 5.29. The van der Waals surface area contributed by atoms with Gasteiger partial charge in [0.25, 0.3) is 0 Å². The summed E-state index contributed by atoms with van der Waals surface area (Å²) in [5.74, 6) is 2.68. The van der Waals surface area contributed by atoms with Gasteiger partial charge in [0.1, 0.15) is 6.33 Å². The van der Waals surface area contributed by atoms with E-state index in [4.69, 9.17) is 4.52 Å². The number of nitrogens with zero attached hydrogens (tertiary/aromatic N) is 5. The molecule has 0 spiro atoms. The van der Waals surface area contributed by atoms with Crippen LogP contribution in [-0.2, 0) is 19.6 Å². The molecule has 2 N–H and O–H groups in total. The monoisotopic (exact) mass is 433 g/mol. The normalized spacial score (nSPS) is 11.4. The van der Waals surface area contributed by atoms with Crippen LogP contribution in [0.5, 0.6) is 0 Å². The van der Waals surface area contributed by atoms with E-state index < -0.39 is 0 Å². The molecular formula is C14H24IN7O. The van der Waals surface area contributed by atoms with Crippen LogP contribution in [0.4, 0.5) is 0 Å². The average Bonchev–Trinajstić information content (AvgIpc) is 3.16. The molecule has 0 unspecified atom stereocenters. The first-order valence-electron chi connectivity index (χ1n) is 7.40. The van der Waals surface area contributed by atoms with Crippen molar-refractivity contribution in [3.8, 4) is 0 Å². The molecule has 0 bridgehead atoms. The zero-order valence-electron chi connectivity index (χ0n) is 13.9. The number of nitrogens with one attached hydrogen (secondary N) is 2. The minimum atomic E-state index is 0. The van der Waals surface area contributed by atoms with Crippen LogP contribution in [0.3, 0.4) is 0 Å². The second-order valence-electron chi connectivity index (χ2n) is 5.19. The van der Waals surface area contributed by atoms with Gasteiger partial charge in [-0.3, -0.25) is 4.99 Å². The van der Waals surface area contributed by atoms with Crippen molar-refractivity contribution < 1.29 is 4.52 Å². The summed E-state index contributed by atoms with van der Waals surface area (Å²) < 4.78 is 7.26. The molecule has 8 nitrogen and oxygen atoms in total. The van der Waals surface area contributed by atoms with E-state index in [1.54, 1.807) is 13.4 Å². The second-order valence-corrected chi connectivity index (χ2v) is 5.19. The highest BCUT2D eigenvalue weighted by molar-refractivity contribution is 14.0. The molecule has 0 radical (unpaired) electrons. The lowest BCUT2D eigenvalue weighted by Gasteiger charge is -2.10. The Morgan fingerprint density at radius 3 is 2.70 bits per heavy atom. The molecule has 23 heavy (non-hydrogen) atoms. The predicted octanol–water partition coefficient (Wildman–Crippen LogP) is 1.89. The van der Waals surface area contributed by atoms with Crippen molar-refractivity contribution in [2.45, 2.75) is 46.3 Å². The minimum absolute atomic E-state index is 0. The van der Waals surface area contributed by atoms with E-state index in [9.17, 15) is 0 Å². The number of aromatic nitrogens is 4. The molecular weight excluding hydrogens is 409 g/mol. The largest absolute Gasteiger partial charge is 0.359 e. The molecule has 2 heterocycles. The van der Waals surface area contributed by atoms with Crippen molar-refractivity contribution in [2.24, 2.45) is 4.99 Å². The Balaban J connectivity index is 0.00000264. The summed E-state index contributed by atoms with van der Waals surface area (Å²) in [6, 6.07) is 1.96. The SMILES string of the molecule is CCn1cnnc1CNC(=NC)NCc1cc(C(C)C)no1.I. The number of guanidine groups is 1. The Kier molecular flexibility index (Phi) is 8.00. The number of hydrogen-bond acceptors (Lipinski definition) is 5. The summed E-state index contributed by atoms with van der Waals surface area (Å²) in [5.41, 5.74) is 0.954. The first-order chi connectivity index (χ1) is 10.6. The van der Waals surface area contributed by atoms with Crippen molar-refractivity contribution >= 4 is 29.9 Å². The molecule has 9 heteroatoms. The topological polar surface area (TPSA) is 93.2 Å². The zero-order chi connectivity index (χ0) is 15.9. The van der Waals surface area contributed by atoms with Crippen LogP contribution in [0.15, 0.2) is 21.9 Å². The molecule has 0 atom stereocenters. The van der Waals surface area contributed by atoms with Gasteiger partial charge in [0, 0.05) is 19.7 Å². The Bertz CT molecular complexity index is 620. The van der Waals surface area contributed by atoms with Gasteiger partial charge in [-0.25, -0.2) is 0 Å². The van der Waals surface area contributed by atoms with E-state index in [-0.39, 0.29) is 24.0 Å². The molecule has 0 fully saturated rings. The summed E-state index contributed by atoms with van der Waals surface area (Å²) in [7, 11) is 1.72. The second kappa shape index (κ2) is 9.48. The van der Waals surface area contributed by atoms with Gasteiger partial charge in [0.2, 0.25) is 0 Å². The van der Waals surface area contributed by atoms with Crippen LogP contribution in [0, 0.1) is 0 Å². The third kappa shape index (κ3) is 5.48. The maximum atomic E-state index is 5.29. The quantitative estimate of drug-likeness (QED) is 0.411. The number of aliphatic imine (C=N–C) groups is 1. The Hall–Kier alpha value is -1.65. The van der Waals surface area contributed by atoms with E-state index >= 15 is 0 Å². The molecule has 0 saturated heterocycles. The van der Waals surface area contributed by atoms with E-state index in [1.807, 2.05) is 10.6 Å². The summed E-state index contributed by atoms with van der Waals surface area (Å²) in [6.45, 7) is 8.14. The van der Waals surface area contributed by atoms with Crippen LogP contribution < -0.4 is 10.6 Å². The van der Waals surface area contributed by atoms with Gasteiger partial charge in [0.05, 0.1) is 18.8 Å². The van der Waals surface area contributed by atoms with Gasteiger partial charge < -0.3 is 19.7 Å². The van der Waals surface area contributed by atoms with Gasteiger partial charge >= 0.3 is 0 Å². The van der Waals surface area contributed by atoms with Gasteiger partial charge in [-0.2, -0.15) is 0 Å².